The second-order valence-corrected chi connectivity index (χ2v) is 6.98. The van der Waals surface area contributed by atoms with Gasteiger partial charge in [0, 0.05) is 36.6 Å². The average molecular weight is 395 g/mol. The van der Waals surface area contributed by atoms with E-state index in [0.717, 1.165) is 29.9 Å². The Morgan fingerprint density at radius 2 is 2.00 bits per heavy atom. The Bertz CT molecular complexity index is 997. The van der Waals surface area contributed by atoms with Crippen molar-refractivity contribution in [1.82, 2.24) is 9.97 Å². The molecule has 7 heteroatoms. The first kappa shape index (κ1) is 18.3. The molecule has 1 fully saturated rings. The number of nitrogens with two attached hydrogens (primary N) is 1. The van der Waals surface area contributed by atoms with Gasteiger partial charge in [0.05, 0.1) is 17.8 Å². The van der Waals surface area contributed by atoms with Crippen LogP contribution in [0, 0.1) is 0 Å². The number of nitrogens with zero attached hydrogens (tertiary/aromatic N) is 3. The summed E-state index contributed by atoms with van der Waals surface area (Å²) in [6.07, 6.45) is 4.10. The van der Waals surface area contributed by atoms with Crippen molar-refractivity contribution in [2.75, 3.05) is 18.0 Å². The number of halogens is 1. The van der Waals surface area contributed by atoms with E-state index in [0.29, 0.717) is 23.0 Å². The zero-order valence-electron chi connectivity index (χ0n) is 15.1. The predicted octanol–water partition coefficient (Wildman–Crippen LogP) is 3.55. The first-order chi connectivity index (χ1) is 13.6. The van der Waals surface area contributed by atoms with Crippen molar-refractivity contribution in [2.45, 2.75) is 12.5 Å². The van der Waals surface area contributed by atoms with Crippen LogP contribution in [0.15, 0.2) is 60.9 Å². The molecule has 3 aromatic rings. The molecule has 6 nitrogen and oxygen atoms in total. The number of benzene rings is 1. The third-order valence-electron chi connectivity index (χ3n) is 4.71. The molecule has 0 unspecified atom stereocenters. The maximum Gasteiger partial charge on any atom is 0.250 e. The molecule has 0 aliphatic carbocycles. The van der Waals surface area contributed by atoms with Crippen LogP contribution >= 0.6 is 11.6 Å². The monoisotopic (exact) mass is 394 g/mol. The first-order valence-corrected chi connectivity index (χ1v) is 9.37. The molecule has 1 aliphatic rings. The van der Waals surface area contributed by atoms with Crippen LogP contribution in [0.4, 0.5) is 5.69 Å². The highest BCUT2D eigenvalue weighted by molar-refractivity contribution is 6.31. The number of pyridine rings is 2. The molecule has 2 N–H and O–H groups in total. The van der Waals surface area contributed by atoms with E-state index in [-0.39, 0.29) is 6.10 Å². The molecule has 4 rings (SSSR count). The van der Waals surface area contributed by atoms with E-state index < -0.39 is 5.91 Å². The molecular formula is C21H19ClN4O2. The van der Waals surface area contributed by atoms with Crippen molar-refractivity contribution in [1.29, 1.82) is 0 Å². The van der Waals surface area contributed by atoms with Gasteiger partial charge in [-0.25, -0.2) is 4.98 Å². The van der Waals surface area contributed by atoms with Crippen molar-refractivity contribution in [3.63, 3.8) is 0 Å². The molecule has 0 bridgehead atoms. The van der Waals surface area contributed by atoms with Gasteiger partial charge >= 0.3 is 0 Å². The number of rotatable bonds is 5. The number of ether oxygens (including phenoxy) is 1. The summed E-state index contributed by atoms with van der Waals surface area (Å²) in [6, 6.07) is 14.8. The van der Waals surface area contributed by atoms with Crippen LogP contribution in [-0.2, 0) is 0 Å². The van der Waals surface area contributed by atoms with Crippen molar-refractivity contribution >= 4 is 23.2 Å². The van der Waals surface area contributed by atoms with Crippen LogP contribution in [-0.4, -0.2) is 35.1 Å². The highest BCUT2D eigenvalue weighted by Gasteiger charge is 2.27. The fourth-order valence-electron chi connectivity index (χ4n) is 3.36. The summed E-state index contributed by atoms with van der Waals surface area (Å²) in [5, 5.41) is 0.485. The van der Waals surface area contributed by atoms with Gasteiger partial charge in [0.1, 0.15) is 11.1 Å². The van der Waals surface area contributed by atoms with Gasteiger partial charge in [-0.3, -0.25) is 9.78 Å². The quantitative estimate of drug-likeness (QED) is 0.715. The number of amides is 1. The summed E-state index contributed by atoms with van der Waals surface area (Å²) >= 11 is 6.13. The molecule has 1 aromatic carbocycles. The minimum atomic E-state index is -0.468. The Morgan fingerprint density at radius 3 is 2.75 bits per heavy atom. The Morgan fingerprint density at radius 1 is 1.14 bits per heavy atom. The van der Waals surface area contributed by atoms with Crippen molar-refractivity contribution in [3.8, 4) is 17.1 Å². The van der Waals surface area contributed by atoms with Crippen LogP contribution < -0.4 is 15.4 Å². The SMILES string of the molecule is NC(=O)c1cc(-c2ccccn2)ccc1N1CC[C@@H](Oc2ncccc2Cl)C1. The van der Waals surface area contributed by atoms with Gasteiger partial charge in [-0.1, -0.05) is 23.7 Å². The van der Waals surface area contributed by atoms with Gasteiger partial charge in [0.15, 0.2) is 0 Å². The van der Waals surface area contributed by atoms with E-state index in [1.807, 2.05) is 30.3 Å². The van der Waals surface area contributed by atoms with Crippen molar-refractivity contribution in [2.24, 2.45) is 5.73 Å². The molecule has 1 amide bonds. The second-order valence-electron chi connectivity index (χ2n) is 6.58. The fraction of sp³-hybridized carbons (Fsp3) is 0.190. The van der Waals surface area contributed by atoms with Gasteiger partial charge in [-0.2, -0.15) is 0 Å². The van der Waals surface area contributed by atoms with Crippen molar-refractivity contribution in [3.05, 3.63) is 71.5 Å². The molecule has 0 radical (unpaired) electrons. The smallest absolute Gasteiger partial charge is 0.250 e. The molecule has 0 saturated carbocycles. The summed E-state index contributed by atoms with van der Waals surface area (Å²) < 4.78 is 5.94. The Kier molecular flexibility index (Phi) is 5.12. The lowest BCUT2D eigenvalue weighted by Gasteiger charge is -2.22. The van der Waals surface area contributed by atoms with Crippen molar-refractivity contribution < 1.29 is 9.53 Å². The first-order valence-electron chi connectivity index (χ1n) is 8.99. The van der Waals surface area contributed by atoms with Crippen LogP contribution in [0.2, 0.25) is 5.02 Å². The summed E-state index contributed by atoms with van der Waals surface area (Å²) in [5.41, 5.74) is 8.58. The van der Waals surface area contributed by atoms with Gasteiger partial charge in [0.25, 0.3) is 5.91 Å². The zero-order chi connectivity index (χ0) is 19.5. The van der Waals surface area contributed by atoms with Gasteiger partial charge in [-0.15, -0.1) is 0 Å². The van der Waals surface area contributed by atoms with Gasteiger partial charge < -0.3 is 15.4 Å². The summed E-state index contributed by atoms with van der Waals surface area (Å²) in [7, 11) is 0. The van der Waals surface area contributed by atoms with Crippen LogP contribution in [0.3, 0.4) is 0 Å². The third-order valence-corrected chi connectivity index (χ3v) is 5.00. The van der Waals surface area contributed by atoms with E-state index in [1.54, 1.807) is 30.6 Å². The number of aromatic nitrogens is 2. The van der Waals surface area contributed by atoms with Crippen LogP contribution in [0.1, 0.15) is 16.8 Å². The molecule has 0 spiro atoms. The highest BCUT2D eigenvalue weighted by atomic mass is 35.5. The normalized spacial score (nSPS) is 16.2. The Hall–Kier alpha value is -3.12. The molecule has 28 heavy (non-hydrogen) atoms. The van der Waals surface area contributed by atoms with E-state index in [2.05, 4.69) is 14.9 Å². The second kappa shape index (κ2) is 7.86. The topological polar surface area (TPSA) is 81.3 Å². The minimum absolute atomic E-state index is 0.0661. The molecule has 142 valence electrons. The minimum Gasteiger partial charge on any atom is -0.471 e. The average Bonchev–Trinajstić information content (AvgIpc) is 3.18. The molecule has 2 aromatic heterocycles. The molecule has 1 aliphatic heterocycles. The molecule has 1 saturated heterocycles. The largest absolute Gasteiger partial charge is 0.471 e. The molecule has 1 atom stereocenters. The highest BCUT2D eigenvalue weighted by Crippen LogP contribution is 2.31. The van der Waals surface area contributed by atoms with E-state index in [1.165, 1.54) is 0 Å². The number of carbonyl (C=O) groups excluding carboxylic acids is 1. The molecule has 3 heterocycles. The summed E-state index contributed by atoms with van der Waals surface area (Å²) in [5.74, 6) is -0.0402. The third kappa shape index (κ3) is 3.77. The maximum atomic E-state index is 12.1. The Balaban J connectivity index is 1.56. The number of carbonyl (C=O) groups is 1. The number of primary amides is 1. The van der Waals surface area contributed by atoms with E-state index in [4.69, 9.17) is 22.1 Å². The summed E-state index contributed by atoms with van der Waals surface area (Å²) in [6.45, 7) is 1.37. The van der Waals surface area contributed by atoms with E-state index in [9.17, 15) is 4.79 Å². The lowest BCUT2D eigenvalue weighted by Crippen LogP contribution is -2.27. The lowest BCUT2D eigenvalue weighted by atomic mass is 10.0. The Labute approximate surface area is 167 Å². The standard InChI is InChI=1S/C21H19ClN4O2/c22-17-4-3-10-25-21(17)28-15-8-11-26(13-15)19-7-6-14(12-16(19)20(23)27)18-5-1-2-9-24-18/h1-7,9-10,12,15H,8,11,13H2,(H2,23,27)/t15-/m1/s1. The number of hydrogen-bond acceptors (Lipinski definition) is 5. The van der Waals surface area contributed by atoms with Crippen LogP contribution in [0.25, 0.3) is 11.3 Å². The van der Waals surface area contributed by atoms with E-state index >= 15 is 0 Å². The van der Waals surface area contributed by atoms with Gasteiger partial charge in [0.2, 0.25) is 5.88 Å². The number of hydrogen-bond donors (Lipinski definition) is 1. The fourth-order valence-corrected chi connectivity index (χ4v) is 3.53. The zero-order valence-corrected chi connectivity index (χ0v) is 15.8. The predicted molar refractivity (Wildman–Crippen MR) is 109 cm³/mol. The van der Waals surface area contributed by atoms with Gasteiger partial charge in [-0.05, 0) is 36.4 Å². The van der Waals surface area contributed by atoms with Crippen LogP contribution in [0.5, 0.6) is 5.88 Å². The molecular weight excluding hydrogens is 376 g/mol. The lowest BCUT2D eigenvalue weighted by molar-refractivity contribution is 0.100. The number of anilines is 1. The summed E-state index contributed by atoms with van der Waals surface area (Å²) in [4.78, 5) is 22.7. The maximum absolute atomic E-state index is 12.1.